The second-order valence-electron chi connectivity index (χ2n) is 5.78. The molecule has 2 N–H and O–H groups in total. The second kappa shape index (κ2) is 5.29. The number of pyridine rings is 1. The number of likely N-dealkylation sites (tertiary alicyclic amines) is 1. The molecular weight excluding hydrogens is 238 g/mol. The van der Waals surface area contributed by atoms with Crippen molar-refractivity contribution in [3.63, 3.8) is 0 Å². The van der Waals surface area contributed by atoms with Crippen molar-refractivity contribution in [3.05, 3.63) is 30.1 Å². The third-order valence-corrected chi connectivity index (χ3v) is 4.59. The summed E-state index contributed by atoms with van der Waals surface area (Å²) in [5, 5.41) is 0. The Morgan fingerprint density at radius 2 is 2.26 bits per heavy atom. The van der Waals surface area contributed by atoms with E-state index < -0.39 is 0 Å². The Balaban J connectivity index is 1.52. The number of nitrogens with zero attached hydrogens (tertiary/aromatic N) is 2. The maximum atomic E-state index is 12.2. The Kier molecular flexibility index (Phi) is 3.51. The zero-order chi connectivity index (χ0) is 13.2. The Labute approximate surface area is 114 Å². The van der Waals surface area contributed by atoms with Gasteiger partial charge in [-0.2, -0.15) is 0 Å². The maximum absolute atomic E-state index is 12.2. The normalized spacial score (nSPS) is 29.5. The number of hydrogen-bond acceptors (Lipinski definition) is 3. The molecule has 4 heteroatoms. The van der Waals surface area contributed by atoms with E-state index in [2.05, 4.69) is 4.98 Å². The molecule has 1 amide bonds. The van der Waals surface area contributed by atoms with Crippen molar-refractivity contribution < 1.29 is 4.79 Å². The molecule has 3 rings (SSSR count). The van der Waals surface area contributed by atoms with Gasteiger partial charge in [-0.15, -0.1) is 0 Å². The van der Waals surface area contributed by atoms with Crippen LogP contribution in [0.1, 0.15) is 25.0 Å². The zero-order valence-corrected chi connectivity index (χ0v) is 11.2. The molecule has 2 heterocycles. The van der Waals surface area contributed by atoms with Gasteiger partial charge in [0, 0.05) is 37.4 Å². The molecule has 1 aliphatic carbocycles. The van der Waals surface area contributed by atoms with Crippen LogP contribution in [-0.4, -0.2) is 34.9 Å². The third kappa shape index (κ3) is 2.63. The summed E-state index contributed by atoms with van der Waals surface area (Å²) in [6.45, 7) is 1.78. The summed E-state index contributed by atoms with van der Waals surface area (Å²) in [7, 11) is 0. The van der Waals surface area contributed by atoms with Gasteiger partial charge in [0.2, 0.25) is 5.91 Å². The molecule has 19 heavy (non-hydrogen) atoms. The first kappa shape index (κ1) is 12.6. The Morgan fingerprint density at radius 3 is 3.00 bits per heavy atom. The summed E-state index contributed by atoms with van der Waals surface area (Å²) in [6, 6.07) is 6.14. The largest absolute Gasteiger partial charge is 0.342 e. The van der Waals surface area contributed by atoms with Crippen LogP contribution in [0.2, 0.25) is 0 Å². The van der Waals surface area contributed by atoms with Crippen molar-refractivity contribution in [2.24, 2.45) is 17.6 Å². The van der Waals surface area contributed by atoms with Crippen molar-refractivity contribution in [2.75, 3.05) is 13.1 Å². The maximum Gasteiger partial charge on any atom is 0.222 e. The number of hydrogen-bond donors (Lipinski definition) is 1. The van der Waals surface area contributed by atoms with E-state index in [0.29, 0.717) is 24.3 Å². The summed E-state index contributed by atoms with van der Waals surface area (Å²) in [6.07, 6.45) is 5.39. The van der Waals surface area contributed by atoms with E-state index in [-0.39, 0.29) is 5.91 Å². The first-order valence-corrected chi connectivity index (χ1v) is 7.17. The number of carbonyl (C=O) groups excluding carboxylic acids is 1. The topological polar surface area (TPSA) is 59.2 Å². The fraction of sp³-hybridized carbons (Fsp3) is 0.600. The molecule has 1 aliphatic heterocycles. The van der Waals surface area contributed by atoms with Crippen LogP contribution in [0.3, 0.4) is 0 Å². The van der Waals surface area contributed by atoms with Gasteiger partial charge in [0.25, 0.3) is 0 Å². The van der Waals surface area contributed by atoms with Crippen LogP contribution in [0.5, 0.6) is 0 Å². The lowest BCUT2D eigenvalue weighted by molar-refractivity contribution is -0.130. The number of fused-ring (bicyclic) bond motifs is 1. The average molecular weight is 259 g/mol. The van der Waals surface area contributed by atoms with Crippen molar-refractivity contribution in [3.8, 4) is 0 Å². The number of nitrogens with two attached hydrogens (primary N) is 1. The predicted octanol–water partition coefficient (Wildman–Crippen LogP) is 1.21. The van der Waals surface area contributed by atoms with E-state index in [9.17, 15) is 4.79 Å². The summed E-state index contributed by atoms with van der Waals surface area (Å²) in [4.78, 5) is 18.5. The lowest BCUT2D eigenvalue weighted by atomic mass is 9.98. The van der Waals surface area contributed by atoms with E-state index >= 15 is 0 Å². The standard InChI is InChI=1S/C15H21N3O/c16-14-6-4-11-9-18(10-13(11)14)15(19)7-5-12-3-1-2-8-17-12/h1-3,8,11,13-14H,4-7,9-10,16H2. The minimum Gasteiger partial charge on any atom is -0.342 e. The predicted molar refractivity (Wildman–Crippen MR) is 73.3 cm³/mol. The highest BCUT2D eigenvalue weighted by atomic mass is 16.2. The minimum absolute atomic E-state index is 0.257. The van der Waals surface area contributed by atoms with Crippen molar-refractivity contribution in [1.82, 2.24) is 9.88 Å². The first-order valence-electron chi connectivity index (χ1n) is 7.17. The number of rotatable bonds is 3. The van der Waals surface area contributed by atoms with Gasteiger partial charge in [-0.25, -0.2) is 0 Å². The van der Waals surface area contributed by atoms with Gasteiger partial charge < -0.3 is 10.6 Å². The summed E-state index contributed by atoms with van der Waals surface area (Å²) in [5.74, 6) is 1.44. The fourth-order valence-corrected chi connectivity index (χ4v) is 3.45. The molecule has 1 aromatic rings. The van der Waals surface area contributed by atoms with Crippen molar-refractivity contribution in [1.29, 1.82) is 0 Å². The van der Waals surface area contributed by atoms with Crippen LogP contribution in [0, 0.1) is 11.8 Å². The highest BCUT2D eigenvalue weighted by molar-refractivity contribution is 5.76. The highest BCUT2D eigenvalue weighted by Gasteiger charge is 2.42. The van der Waals surface area contributed by atoms with E-state index in [1.54, 1.807) is 6.20 Å². The minimum atomic E-state index is 0.257. The molecule has 1 saturated carbocycles. The Bertz CT molecular complexity index is 448. The van der Waals surface area contributed by atoms with Gasteiger partial charge in [0.05, 0.1) is 0 Å². The van der Waals surface area contributed by atoms with Gasteiger partial charge in [0.15, 0.2) is 0 Å². The van der Waals surface area contributed by atoms with Crippen LogP contribution in [0.4, 0.5) is 0 Å². The summed E-state index contributed by atoms with van der Waals surface area (Å²) < 4.78 is 0. The van der Waals surface area contributed by atoms with Crippen LogP contribution in [0.15, 0.2) is 24.4 Å². The number of aryl methyl sites for hydroxylation is 1. The molecule has 4 nitrogen and oxygen atoms in total. The van der Waals surface area contributed by atoms with Crippen molar-refractivity contribution >= 4 is 5.91 Å². The Morgan fingerprint density at radius 1 is 1.37 bits per heavy atom. The molecule has 1 aromatic heterocycles. The quantitative estimate of drug-likeness (QED) is 0.887. The molecule has 2 fully saturated rings. The van der Waals surface area contributed by atoms with E-state index in [4.69, 9.17) is 5.73 Å². The Hall–Kier alpha value is -1.42. The third-order valence-electron chi connectivity index (χ3n) is 4.59. The highest BCUT2D eigenvalue weighted by Crippen LogP contribution is 2.37. The zero-order valence-electron chi connectivity index (χ0n) is 11.2. The summed E-state index contributed by atoms with van der Waals surface area (Å²) in [5.41, 5.74) is 7.09. The van der Waals surface area contributed by atoms with Crippen LogP contribution < -0.4 is 5.73 Å². The monoisotopic (exact) mass is 259 g/mol. The van der Waals surface area contributed by atoms with E-state index in [0.717, 1.165) is 31.6 Å². The molecule has 0 aromatic carbocycles. The molecular formula is C15H21N3O. The number of aromatic nitrogens is 1. The van der Waals surface area contributed by atoms with Crippen LogP contribution >= 0.6 is 0 Å². The second-order valence-corrected chi connectivity index (χ2v) is 5.78. The lowest BCUT2D eigenvalue weighted by Crippen LogP contribution is -2.33. The van der Waals surface area contributed by atoms with E-state index in [1.165, 1.54) is 6.42 Å². The number of carbonyl (C=O) groups is 1. The lowest BCUT2D eigenvalue weighted by Gasteiger charge is -2.18. The molecule has 3 atom stereocenters. The molecule has 2 aliphatic rings. The average Bonchev–Trinajstić information content (AvgIpc) is 3.00. The molecule has 1 saturated heterocycles. The van der Waals surface area contributed by atoms with Gasteiger partial charge in [0.1, 0.15) is 0 Å². The molecule has 0 spiro atoms. The van der Waals surface area contributed by atoms with Gasteiger partial charge >= 0.3 is 0 Å². The number of amides is 1. The van der Waals surface area contributed by atoms with E-state index in [1.807, 2.05) is 23.1 Å². The van der Waals surface area contributed by atoms with Crippen molar-refractivity contribution in [2.45, 2.75) is 31.7 Å². The summed E-state index contributed by atoms with van der Waals surface area (Å²) >= 11 is 0. The van der Waals surface area contributed by atoms with Crippen LogP contribution in [0.25, 0.3) is 0 Å². The molecule has 0 radical (unpaired) electrons. The molecule has 102 valence electrons. The fourth-order valence-electron chi connectivity index (χ4n) is 3.45. The van der Waals surface area contributed by atoms with Gasteiger partial charge in [-0.1, -0.05) is 6.07 Å². The van der Waals surface area contributed by atoms with Crippen LogP contribution in [-0.2, 0) is 11.2 Å². The molecule has 0 bridgehead atoms. The SMILES string of the molecule is NC1CCC2CN(C(=O)CCc3ccccn3)CC12. The molecule has 3 unspecified atom stereocenters. The smallest absolute Gasteiger partial charge is 0.222 e. The first-order chi connectivity index (χ1) is 9.24. The van der Waals surface area contributed by atoms with Gasteiger partial charge in [-0.05, 0) is 43.2 Å². The van der Waals surface area contributed by atoms with Gasteiger partial charge in [-0.3, -0.25) is 9.78 Å².